The van der Waals surface area contributed by atoms with E-state index in [0.29, 0.717) is 16.7 Å². The third-order valence-electron chi connectivity index (χ3n) is 2.98. The standard InChI is InChI=1S/C11H20BrNO/c1-9(12)6-7-13(2)11(14)8-10-4-3-5-10/h9-10H,3-8H2,1-2H3. The Morgan fingerprint density at radius 3 is 2.64 bits per heavy atom. The first kappa shape index (κ1) is 12.0. The van der Waals surface area contributed by atoms with Crippen LogP contribution in [0.3, 0.4) is 0 Å². The van der Waals surface area contributed by atoms with Gasteiger partial charge in [-0.15, -0.1) is 0 Å². The normalized spacial score (nSPS) is 18.8. The molecule has 1 saturated carbocycles. The van der Waals surface area contributed by atoms with Crippen LogP contribution in [0.1, 0.15) is 39.0 Å². The lowest BCUT2D eigenvalue weighted by molar-refractivity contribution is -0.131. The number of alkyl halides is 1. The fourth-order valence-electron chi connectivity index (χ4n) is 1.60. The summed E-state index contributed by atoms with van der Waals surface area (Å²) in [5.74, 6) is 1.01. The molecule has 0 heterocycles. The van der Waals surface area contributed by atoms with Gasteiger partial charge >= 0.3 is 0 Å². The number of carbonyl (C=O) groups is 1. The van der Waals surface area contributed by atoms with Gasteiger partial charge in [-0.2, -0.15) is 0 Å². The highest BCUT2D eigenvalue weighted by Gasteiger charge is 2.22. The van der Waals surface area contributed by atoms with E-state index < -0.39 is 0 Å². The van der Waals surface area contributed by atoms with Crippen molar-refractivity contribution < 1.29 is 4.79 Å². The number of nitrogens with zero attached hydrogens (tertiary/aromatic N) is 1. The number of rotatable bonds is 5. The molecule has 1 rings (SSSR count). The Balaban J connectivity index is 2.14. The largest absolute Gasteiger partial charge is 0.346 e. The summed E-state index contributed by atoms with van der Waals surface area (Å²) in [5.41, 5.74) is 0. The van der Waals surface area contributed by atoms with Crippen molar-refractivity contribution in [2.24, 2.45) is 5.92 Å². The minimum absolute atomic E-state index is 0.322. The maximum Gasteiger partial charge on any atom is 0.222 e. The molecule has 1 aliphatic rings. The van der Waals surface area contributed by atoms with Gasteiger partial charge in [0, 0.05) is 24.8 Å². The fraction of sp³-hybridized carbons (Fsp3) is 0.909. The molecule has 0 spiro atoms. The number of carbonyl (C=O) groups excluding carboxylic acids is 1. The molecule has 0 aromatic rings. The zero-order valence-corrected chi connectivity index (χ0v) is 10.7. The van der Waals surface area contributed by atoms with Gasteiger partial charge in [0.2, 0.25) is 5.91 Å². The molecular weight excluding hydrogens is 242 g/mol. The lowest BCUT2D eigenvalue weighted by Gasteiger charge is -2.27. The zero-order chi connectivity index (χ0) is 10.6. The average Bonchev–Trinajstić information content (AvgIpc) is 2.06. The number of hydrogen-bond acceptors (Lipinski definition) is 1. The van der Waals surface area contributed by atoms with Crippen LogP contribution in [0.25, 0.3) is 0 Å². The number of hydrogen-bond donors (Lipinski definition) is 0. The third-order valence-corrected chi connectivity index (χ3v) is 3.43. The minimum atomic E-state index is 0.322. The van der Waals surface area contributed by atoms with Crippen molar-refractivity contribution in [3.05, 3.63) is 0 Å². The van der Waals surface area contributed by atoms with Gasteiger partial charge in [-0.3, -0.25) is 4.79 Å². The third kappa shape index (κ3) is 3.99. The van der Waals surface area contributed by atoms with Gasteiger partial charge in [-0.05, 0) is 25.2 Å². The molecule has 0 aliphatic heterocycles. The molecule has 0 bridgehead atoms. The lowest BCUT2D eigenvalue weighted by atomic mass is 9.83. The Morgan fingerprint density at radius 1 is 1.57 bits per heavy atom. The van der Waals surface area contributed by atoms with E-state index in [4.69, 9.17) is 0 Å². The second-order valence-corrected chi connectivity index (χ2v) is 5.95. The van der Waals surface area contributed by atoms with Crippen molar-refractivity contribution in [2.75, 3.05) is 13.6 Å². The summed E-state index contributed by atoms with van der Waals surface area (Å²) >= 11 is 3.49. The van der Waals surface area contributed by atoms with E-state index in [2.05, 4.69) is 22.9 Å². The molecule has 0 saturated heterocycles. The van der Waals surface area contributed by atoms with Crippen LogP contribution >= 0.6 is 15.9 Å². The smallest absolute Gasteiger partial charge is 0.222 e. The van der Waals surface area contributed by atoms with Crippen LogP contribution < -0.4 is 0 Å². The topological polar surface area (TPSA) is 20.3 Å². The molecular formula is C11H20BrNO. The molecule has 1 unspecified atom stereocenters. The summed E-state index contributed by atoms with van der Waals surface area (Å²) in [6.45, 7) is 2.99. The summed E-state index contributed by atoms with van der Waals surface area (Å²) in [6, 6.07) is 0. The minimum Gasteiger partial charge on any atom is -0.346 e. The maximum absolute atomic E-state index is 11.7. The quantitative estimate of drug-likeness (QED) is 0.698. The molecule has 1 amide bonds. The predicted molar refractivity (Wildman–Crippen MR) is 62.6 cm³/mol. The van der Waals surface area contributed by atoms with Gasteiger partial charge in [-0.1, -0.05) is 29.3 Å². The van der Waals surface area contributed by atoms with Gasteiger partial charge in [0.1, 0.15) is 0 Å². The van der Waals surface area contributed by atoms with Gasteiger partial charge in [-0.25, -0.2) is 0 Å². The van der Waals surface area contributed by atoms with Gasteiger partial charge in [0.15, 0.2) is 0 Å². The molecule has 2 nitrogen and oxygen atoms in total. The molecule has 82 valence electrons. The Bertz CT molecular complexity index is 190. The fourth-order valence-corrected chi connectivity index (χ4v) is 1.80. The number of amides is 1. The molecule has 3 heteroatoms. The summed E-state index contributed by atoms with van der Waals surface area (Å²) in [4.78, 5) is 14.0. The Morgan fingerprint density at radius 2 is 2.21 bits per heavy atom. The highest BCUT2D eigenvalue weighted by molar-refractivity contribution is 9.09. The summed E-state index contributed by atoms with van der Waals surface area (Å²) in [5, 5.41) is 0. The van der Waals surface area contributed by atoms with E-state index in [1.54, 1.807) is 0 Å². The molecule has 1 fully saturated rings. The first-order chi connectivity index (χ1) is 6.59. The van der Waals surface area contributed by atoms with Crippen LogP contribution in [0.2, 0.25) is 0 Å². The average molecular weight is 262 g/mol. The summed E-state index contributed by atoms with van der Waals surface area (Å²) in [7, 11) is 1.91. The van der Waals surface area contributed by atoms with Crippen molar-refractivity contribution in [3.63, 3.8) is 0 Å². The van der Waals surface area contributed by atoms with E-state index >= 15 is 0 Å². The van der Waals surface area contributed by atoms with Crippen molar-refractivity contribution >= 4 is 21.8 Å². The second-order valence-electron chi connectivity index (χ2n) is 4.39. The van der Waals surface area contributed by atoms with Gasteiger partial charge < -0.3 is 4.90 Å². The highest BCUT2D eigenvalue weighted by Crippen LogP contribution is 2.29. The first-order valence-electron chi connectivity index (χ1n) is 5.47. The summed E-state index contributed by atoms with van der Waals surface area (Å²) in [6.07, 6.45) is 5.64. The molecule has 14 heavy (non-hydrogen) atoms. The molecule has 0 aromatic carbocycles. The molecule has 0 N–H and O–H groups in total. The first-order valence-corrected chi connectivity index (χ1v) is 6.39. The molecule has 1 atom stereocenters. The predicted octanol–water partition coefficient (Wildman–Crippen LogP) is 2.81. The van der Waals surface area contributed by atoms with E-state index in [1.807, 2.05) is 11.9 Å². The van der Waals surface area contributed by atoms with Crippen molar-refractivity contribution in [3.8, 4) is 0 Å². The van der Waals surface area contributed by atoms with Crippen molar-refractivity contribution in [1.29, 1.82) is 0 Å². The van der Waals surface area contributed by atoms with Crippen molar-refractivity contribution in [2.45, 2.75) is 43.9 Å². The van der Waals surface area contributed by atoms with E-state index in [1.165, 1.54) is 19.3 Å². The Hall–Kier alpha value is -0.0500. The van der Waals surface area contributed by atoms with Gasteiger partial charge in [0.25, 0.3) is 0 Å². The van der Waals surface area contributed by atoms with Crippen LogP contribution in [0.5, 0.6) is 0 Å². The van der Waals surface area contributed by atoms with Crippen LogP contribution in [0.15, 0.2) is 0 Å². The van der Waals surface area contributed by atoms with Crippen LogP contribution in [-0.4, -0.2) is 29.2 Å². The molecule has 1 aliphatic carbocycles. The van der Waals surface area contributed by atoms with E-state index in [9.17, 15) is 4.79 Å². The zero-order valence-electron chi connectivity index (χ0n) is 9.13. The second kappa shape index (κ2) is 5.74. The van der Waals surface area contributed by atoms with Crippen LogP contribution in [-0.2, 0) is 4.79 Å². The highest BCUT2D eigenvalue weighted by atomic mass is 79.9. The number of halogens is 1. The van der Waals surface area contributed by atoms with E-state index in [0.717, 1.165) is 19.4 Å². The lowest BCUT2D eigenvalue weighted by Crippen LogP contribution is -2.31. The monoisotopic (exact) mass is 261 g/mol. The summed E-state index contributed by atoms with van der Waals surface area (Å²) < 4.78 is 0. The maximum atomic E-state index is 11.7. The van der Waals surface area contributed by atoms with E-state index in [-0.39, 0.29) is 0 Å². The van der Waals surface area contributed by atoms with Crippen LogP contribution in [0.4, 0.5) is 0 Å². The van der Waals surface area contributed by atoms with Crippen LogP contribution in [0, 0.1) is 5.92 Å². The Labute approximate surface area is 95.2 Å². The SMILES string of the molecule is CC(Br)CCN(C)C(=O)CC1CCC1. The van der Waals surface area contributed by atoms with Crippen molar-refractivity contribution in [1.82, 2.24) is 4.90 Å². The molecule has 0 aromatic heterocycles. The Kier molecular flexibility index (Phi) is 4.93. The van der Waals surface area contributed by atoms with Gasteiger partial charge in [0.05, 0.1) is 0 Å². The molecule has 0 radical (unpaired) electrons.